The molecule has 5 nitrogen and oxygen atoms in total. The van der Waals surface area contributed by atoms with Crippen molar-refractivity contribution >= 4 is 28.3 Å². The number of fused-ring (bicyclic) bond motifs is 1. The highest BCUT2D eigenvalue weighted by Crippen LogP contribution is 2.19. The zero-order chi connectivity index (χ0) is 16.2. The summed E-state index contributed by atoms with van der Waals surface area (Å²) in [5.41, 5.74) is 1.86. The lowest BCUT2D eigenvalue weighted by Gasteiger charge is -2.16. The average molecular weight is 329 g/mol. The first-order valence-corrected chi connectivity index (χ1v) is 8.37. The molecule has 0 aliphatic carbocycles. The van der Waals surface area contributed by atoms with E-state index in [9.17, 15) is 4.79 Å². The van der Waals surface area contributed by atoms with Gasteiger partial charge in [0.15, 0.2) is 0 Å². The topological polar surface area (TPSA) is 58.4 Å². The number of rotatable bonds is 5. The van der Waals surface area contributed by atoms with Gasteiger partial charge in [-0.05, 0) is 19.1 Å². The SMILES string of the molecule is Cc1nc(CCNC(=O)N(C)Cc2cc3ccccc3o2)cs1. The number of carbonyl (C=O) groups excluding carboxylic acids is 1. The Bertz CT molecular complexity index is 776. The van der Waals surface area contributed by atoms with Crippen LogP contribution in [0.25, 0.3) is 11.0 Å². The van der Waals surface area contributed by atoms with E-state index >= 15 is 0 Å². The Balaban J connectivity index is 1.50. The zero-order valence-electron chi connectivity index (χ0n) is 13.2. The Kier molecular flexibility index (Phi) is 4.62. The van der Waals surface area contributed by atoms with Gasteiger partial charge in [-0.2, -0.15) is 0 Å². The molecule has 0 fully saturated rings. The molecule has 1 N–H and O–H groups in total. The number of hydrogen-bond acceptors (Lipinski definition) is 4. The van der Waals surface area contributed by atoms with E-state index in [1.165, 1.54) is 0 Å². The van der Waals surface area contributed by atoms with Gasteiger partial charge in [0.25, 0.3) is 0 Å². The van der Waals surface area contributed by atoms with Crippen molar-refractivity contribution in [3.05, 3.63) is 52.2 Å². The highest BCUT2D eigenvalue weighted by molar-refractivity contribution is 7.09. The number of urea groups is 1. The third kappa shape index (κ3) is 3.90. The van der Waals surface area contributed by atoms with Gasteiger partial charge < -0.3 is 14.6 Å². The van der Waals surface area contributed by atoms with Crippen LogP contribution in [-0.4, -0.2) is 29.5 Å². The van der Waals surface area contributed by atoms with Gasteiger partial charge in [-0.3, -0.25) is 0 Å². The first-order valence-electron chi connectivity index (χ1n) is 7.49. The first-order chi connectivity index (χ1) is 11.1. The predicted molar refractivity (Wildman–Crippen MR) is 91.6 cm³/mol. The van der Waals surface area contributed by atoms with Gasteiger partial charge in [-0.25, -0.2) is 9.78 Å². The summed E-state index contributed by atoms with van der Waals surface area (Å²) in [6, 6.07) is 9.69. The van der Waals surface area contributed by atoms with Crippen LogP contribution >= 0.6 is 11.3 Å². The number of benzene rings is 1. The summed E-state index contributed by atoms with van der Waals surface area (Å²) in [5, 5.41) is 7.03. The maximum atomic E-state index is 12.1. The summed E-state index contributed by atoms with van der Waals surface area (Å²) < 4.78 is 5.74. The number of aromatic nitrogens is 1. The van der Waals surface area contributed by atoms with E-state index in [1.807, 2.05) is 42.6 Å². The van der Waals surface area contributed by atoms with Crippen molar-refractivity contribution in [2.75, 3.05) is 13.6 Å². The molecule has 0 saturated carbocycles. The Morgan fingerprint density at radius 2 is 2.22 bits per heavy atom. The molecular weight excluding hydrogens is 310 g/mol. The first kappa shape index (κ1) is 15.6. The van der Waals surface area contributed by atoms with Crippen LogP contribution in [0.5, 0.6) is 0 Å². The molecule has 23 heavy (non-hydrogen) atoms. The second-order valence-electron chi connectivity index (χ2n) is 5.45. The second-order valence-corrected chi connectivity index (χ2v) is 6.51. The fourth-order valence-corrected chi connectivity index (χ4v) is 3.02. The fraction of sp³-hybridized carbons (Fsp3) is 0.294. The number of nitrogens with one attached hydrogen (secondary N) is 1. The molecule has 120 valence electrons. The molecule has 0 spiro atoms. The number of thiazole rings is 1. The van der Waals surface area contributed by atoms with Crippen molar-refractivity contribution in [3.8, 4) is 0 Å². The molecule has 0 radical (unpaired) electrons. The van der Waals surface area contributed by atoms with Gasteiger partial charge in [0, 0.05) is 30.8 Å². The van der Waals surface area contributed by atoms with Crippen molar-refractivity contribution in [2.45, 2.75) is 19.9 Å². The number of hydrogen-bond donors (Lipinski definition) is 1. The number of aryl methyl sites for hydroxylation is 1. The molecule has 0 unspecified atom stereocenters. The lowest BCUT2D eigenvalue weighted by molar-refractivity contribution is 0.203. The Morgan fingerprint density at radius 3 is 2.96 bits per heavy atom. The van der Waals surface area contributed by atoms with E-state index in [1.54, 1.807) is 23.3 Å². The van der Waals surface area contributed by atoms with E-state index in [2.05, 4.69) is 10.3 Å². The molecule has 0 aliphatic heterocycles. The number of nitrogens with zero attached hydrogens (tertiary/aromatic N) is 2. The fourth-order valence-electron chi connectivity index (χ4n) is 2.38. The quantitative estimate of drug-likeness (QED) is 0.778. The van der Waals surface area contributed by atoms with Crippen molar-refractivity contribution in [2.24, 2.45) is 0 Å². The third-order valence-corrected chi connectivity index (χ3v) is 4.36. The van der Waals surface area contributed by atoms with Gasteiger partial charge in [0.1, 0.15) is 11.3 Å². The molecule has 0 saturated heterocycles. The summed E-state index contributed by atoms with van der Waals surface area (Å²) in [4.78, 5) is 18.1. The summed E-state index contributed by atoms with van der Waals surface area (Å²) in [5.74, 6) is 0.777. The van der Waals surface area contributed by atoms with E-state index < -0.39 is 0 Å². The van der Waals surface area contributed by atoms with Crippen LogP contribution in [0.4, 0.5) is 4.79 Å². The van der Waals surface area contributed by atoms with Gasteiger partial charge in [0.05, 0.1) is 17.2 Å². The van der Waals surface area contributed by atoms with Crippen LogP contribution in [0.1, 0.15) is 16.5 Å². The largest absolute Gasteiger partial charge is 0.459 e. The van der Waals surface area contributed by atoms with E-state index in [-0.39, 0.29) is 6.03 Å². The lowest BCUT2D eigenvalue weighted by atomic mass is 10.2. The summed E-state index contributed by atoms with van der Waals surface area (Å²) in [6.45, 7) is 3.00. The maximum Gasteiger partial charge on any atom is 0.317 e. The molecule has 1 aromatic carbocycles. The van der Waals surface area contributed by atoms with E-state index in [0.29, 0.717) is 13.1 Å². The maximum absolute atomic E-state index is 12.1. The summed E-state index contributed by atoms with van der Waals surface area (Å²) >= 11 is 1.63. The van der Waals surface area contributed by atoms with Crippen molar-refractivity contribution in [1.82, 2.24) is 15.2 Å². The Morgan fingerprint density at radius 1 is 1.39 bits per heavy atom. The summed E-state index contributed by atoms with van der Waals surface area (Å²) in [6.07, 6.45) is 0.745. The third-order valence-electron chi connectivity index (χ3n) is 3.54. The van der Waals surface area contributed by atoms with Crippen LogP contribution in [0, 0.1) is 6.92 Å². The van der Waals surface area contributed by atoms with E-state index in [0.717, 1.165) is 33.9 Å². The average Bonchev–Trinajstić information content (AvgIpc) is 3.12. The van der Waals surface area contributed by atoms with Crippen molar-refractivity contribution in [1.29, 1.82) is 0 Å². The molecule has 3 rings (SSSR count). The lowest BCUT2D eigenvalue weighted by Crippen LogP contribution is -2.37. The van der Waals surface area contributed by atoms with Crippen LogP contribution < -0.4 is 5.32 Å². The van der Waals surface area contributed by atoms with Gasteiger partial charge in [-0.15, -0.1) is 11.3 Å². The molecule has 3 aromatic rings. The minimum atomic E-state index is -0.114. The van der Waals surface area contributed by atoms with Crippen molar-refractivity contribution in [3.63, 3.8) is 0 Å². The second kappa shape index (κ2) is 6.83. The van der Waals surface area contributed by atoms with Gasteiger partial charge >= 0.3 is 6.03 Å². The van der Waals surface area contributed by atoms with Crippen LogP contribution in [0.3, 0.4) is 0 Å². The number of carbonyl (C=O) groups is 1. The van der Waals surface area contributed by atoms with Crippen LogP contribution in [0.2, 0.25) is 0 Å². The number of amides is 2. The molecule has 0 atom stereocenters. The summed E-state index contributed by atoms with van der Waals surface area (Å²) in [7, 11) is 1.76. The highest BCUT2D eigenvalue weighted by Gasteiger charge is 2.11. The molecule has 6 heteroatoms. The van der Waals surface area contributed by atoms with Crippen molar-refractivity contribution < 1.29 is 9.21 Å². The Labute approximate surface area is 138 Å². The smallest absolute Gasteiger partial charge is 0.317 e. The molecule has 0 aliphatic rings. The Hall–Kier alpha value is -2.34. The minimum Gasteiger partial charge on any atom is -0.459 e. The molecule has 2 amide bonds. The molecule has 0 bridgehead atoms. The zero-order valence-corrected chi connectivity index (χ0v) is 14.0. The number of para-hydroxylation sites is 1. The normalized spacial score (nSPS) is 10.9. The highest BCUT2D eigenvalue weighted by atomic mass is 32.1. The van der Waals surface area contributed by atoms with Gasteiger partial charge in [0.2, 0.25) is 0 Å². The number of furan rings is 1. The van der Waals surface area contributed by atoms with E-state index in [4.69, 9.17) is 4.42 Å². The van der Waals surface area contributed by atoms with Crippen LogP contribution in [-0.2, 0) is 13.0 Å². The minimum absolute atomic E-state index is 0.114. The molecule has 2 aromatic heterocycles. The molecule has 2 heterocycles. The molecular formula is C17H19N3O2S. The predicted octanol–water partition coefficient (Wildman–Crippen LogP) is 3.58. The van der Waals surface area contributed by atoms with Gasteiger partial charge in [-0.1, -0.05) is 18.2 Å². The van der Waals surface area contributed by atoms with Crippen LogP contribution in [0.15, 0.2) is 40.1 Å². The monoisotopic (exact) mass is 329 g/mol. The standard InChI is InChI=1S/C17H19N3O2S/c1-12-19-14(11-23-12)7-8-18-17(21)20(2)10-15-9-13-5-3-4-6-16(13)22-15/h3-6,9,11H,7-8,10H2,1-2H3,(H,18,21).